The number of sulfonamides is 1. The first-order valence-corrected chi connectivity index (χ1v) is 7.72. The molecule has 0 atom stereocenters. The predicted molar refractivity (Wildman–Crippen MR) is 77.5 cm³/mol. The van der Waals surface area contributed by atoms with E-state index < -0.39 is 10.0 Å². The smallest absolute Gasteiger partial charge is 0.240 e. The van der Waals surface area contributed by atoms with Gasteiger partial charge >= 0.3 is 0 Å². The Kier molecular flexibility index (Phi) is 4.84. The minimum Gasteiger partial charge on any atom is -0.316 e. The molecule has 2 rings (SSSR count). The van der Waals surface area contributed by atoms with Gasteiger partial charge in [0, 0.05) is 25.5 Å². The van der Waals surface area contributed by atoms with Gasteiger partial charge in [-0.15, -0.1) is 0 Å². The van der Waals surface area contributed by atoms with Crippen LogP contribution in [0.5, 0.6) is 0 Å². The van der Waals surface area contributed by atoms with Gasteiger partial charge in [0.1, 0.15) is 0 Å². The van der Waals surface area contributed by atoms with Gasteiger partial charge in [0.05, 0.1) is 4.90 Å². The summed E-state index contributed by atoms with van der Waals surface area (Å²) in [4.78, 5) is 4.21. The van der Waals surface area contributed by atoms with Crippen LogP contribution in [0, 0.1) is 0 Å². The highest BCUT2D eigenvalue weighted by atomic mass is 32.2. The fraction of sp³-hybridized carbons (Fsp3) is 0.214. The molecule has 2 aromatic rings. The SMILES string of the molecule is CNCc1ccc(S(=O)(=O)NCc2cccnc2)cc1. The zero-order chi connectivity index (χ0) is 14.4. The number of pyridine rings is 1. The van der Waals surface area contributed by atoms with Crippen LogP contribution in [-0.4, -0.2) is 20.4 Å². The molecular weight excluding hydrogens is 274 g/mol. The number of hydrogen-bond acceptors (Lipinski definition) is 4. The van der Waals surface area contributed by atoms with E-state index in [1.165, 1.54) is 0 Å². The molecule has 0 radical (unpaired) electrons. The largest absolute Gasteiger partial charge is 0.316 e. The molecule has 0 aliphatic rings. The summed E-state index contributed by atoms with van der Waals surface area (Å²) in [6.07, 6.45) is 3.29. The van der Waals surface area contributed by atoms with Gasteiger partial charge in [0.15, 0.2) is 0 Å². The molecule has 0 bridgehead atoms. The highest BCUT2D eigenvalue weighted by Crippen LogP contribution is 2.11. The quantitative estimate of drug-likeness (QED) is 0.841. The minimum absolute atomic E-state index is 0.231. The average Bonchev–Trinajstić information content (AvgIpc) is 2.47. The van der Waals surface area contributed by atoms with E-state index >= 15 is 0 Å². The fourth-order valence-corrected chi connectivity index (χ4v) is 2.77. The Bertz CT molecular complexity index is 640. The van der Waals surface area contributed by atoms with Crippen molar-refractivity contribution in [1.29, 1.82) is 0 Å². The highest BCUT2D eigenvalue weighted by Gasteiger charge is 2.13. The summed E-state index contributed by atoms with van der Waals surface area (Å²) in [5.41, 5.74) is 1.86. The molecule has 1 aromatic heterocycles. The van der Waals surface area contributed by atoms with Crippen molar-refractivity contribution in [1.82, 2.24) is 15.0 Å². The van der Waals surface area contributed by atoms with Gasteiger partial charge in [-0.3, -0.25) is 4.98 Å². The number of nitrogens with one attached hydrogen (secondary N) is 2. The summed E-state index contributed by atoms with van der Waals surface area (Å²) < 4.78 is 26.8. The first-order valence-electron chi connectivity index (χ1n) is 6.24. The summed E-state index contributed by atoms with van der Waals surface area (Å²) in [5.74, 6) is 0. The summed E-state index contributed by atoms with van der Waals surface area (Å²) in [6, 6.07) is 10.4. The van der Waals surface area contributed by atoms with Crippen molar-refractivity contribution in [3.63, 3.8) is 0 Å². The first-order chi connectivity index (χ1) is 9.62. The van der Waals surface area contributed by atoms with E-state index in [1.807, 2.05) is 13.1 Å². The van der Waals surface area contributed by atoms with E-state index in [0.29, 0.717) is 6.54 Å². The van der Waals surface area contributed by atoms with Crippen LogP contribution in [0.25, 0.3) is 0 Å². The predicted octanol–water partition coefficient (Wildman–Crippen LogP) is 1.28. The molecule has 0 saturated carbocycles. The monoisotopic (exact) mass is 291 g/mol. The lowest BCUT2D eigenvalue weighted by molar-refractivity contribution is 0.581. The summed E-state index contributed by atoms with van der Waals surface area (Å²) in [7, 11) is -1.64. The second kappa shape index (κ2) is 6.60. The van der Waals surface area contributed by atoms with Crippen molar-refractivity contribution < 1.29 is 8.42 Å². The van der Waals surface area contributed by atoms with E-state index in [9.17, 15) is 8.42 Å². The van der Waals surface area contributed by atoms with Gasteiger partial charge in [-0.25, -0.2) is 13.1 Å². The molecule has 0 amide bonds. The van der Waals surface area contributed by atoms with Crippen LogP contribution in [-0.2, 0) is 23.1 Å². The highest BCUT2D eigenvalue weighted by molar-refractivity contribution is 7.89. The molecule has 2 N–H and O–H groups in total. The van der Waals surface area contributed by atoms with Crippen LogP contribution in [0.15, 0.2) is 53.7 Å². The summed E-state index contributed by atoms with van der Waals surface area (Å²) in [6.45, 7) is 0.942. The fourth-order valence-electron chi connectivity index (χ4n) is 1.75. The molecule has 0 spiro atoms. The molecule has 5 nitrogen and oxygen atoms in total. The normalized spacial score (nSPS) is 11.4. The van der Waals surface area contributed by atoms with Crippen molar-refractivity contribution in [2.75, 3.05) is 7.05 Å². The average molecular weight is 291 g/mol. The lowest BCUT2D eigenvalue weighted by Gasteiger charge is -2.07. The molecule has 20 heavy (non-hydrogen) atoms. The second-order valence-electron chi connectivity index (χ2n) is 4.36. The van der Waals surface area contributed by atoms with Crippen LogP contribution in [0.1, 0.15) is 11.1 Å². The first kappa shape index (κ1) is 14.6. The molecule has 0 aliphatic heterocycles. The number of hydrogen-bond donors (Lipinski definition) is 2. The maximum Gasteiger partial charge on any atom is 0.240 e. The second-order valence-corrected chi connectivity index (χ2v) is 6.13. The Morgan fingerprint density at radius 2 is 1.80 bits per heavy atom. The zero-order valence-corrected chi connectivity index (χ0v) is 12.0. The van der Waals surface area contributed by atoms with Crippen molar-refractivity contribution in [3.8, 4) is 0 Å². The lowest BCUT2D eigenvalue weighted by Crippen LogP contribution is -2.23. The summed E-state index contributed by atoms with van der Waals surface area (Å²) >= 11 is 0. The Labute approximate surface area is 119 Å². The van der Waals surface area contributed by atoms with Crippen molar-refractivity contribution >= 4 is 10.0 Å². The van der Waals surface area contributed by atoms with Crippen LogP contribution in [0.4, 0.5) is 0 Å². The number of nitrogens with zero attached hydrogens (tertiary/aromatic N) is 1. The van der Waals surface area contributed by atoms with Crippen molar-refractivity contribution in [3.05, 3.63) is 59.9 Å². The van der Waals surface area contributed by atoms with Gasteiger partial charge in [-0.1, -0.05) is 18.2 Å². The Morgan fingerprint density at radius 1 is 1.05 bits per heavy atom. The van der Waals surface area contributed by atoms with Crippen molar-refractivity contribution in [2.45, 2.75) is 18.0 Å². The third-order valence-electron chi connectivity index (χ3n) is 2.80. The zero-order valence-electron chi connectivity index (χ0n) is 11.2. The molecular formula is C14H17N3O2S. The molecule has 1 aromatic carbocycles. The van der Waals surface area contributed by atoms with Gasteiger partial charge < -0.3 is 5.32 Å². The van der Waals surface area contributed by atoms with Crippen LogP contribution in [0.2, 0.25) is 0 Å². The molecule has 0 aliphatic carbocycles. The van der Waals surface area contributed by atoms with Gasteiger partial charge in [-0.2, -0.15) is 0 Å². The number of rotatable bonds is 6. The van der Waals surface area contributed by atoms with Gasteiger partial charge in [0.25, 0.3) is 0 Å². The number of benzene rings is 1. The van der Waals surface area contributed by atoms with E-state index in [4.69, 9.17) is 0 Å². The Balaban J connectivity index is 2.06. The maximum atomic E-state index is 12.1. The molecule has 6 heteroatoms. The van der Waals surface area contributed by atoms with Crippen LogP contribution < -0.4 is 10.0 Å². The Hall–Kier alpha value is -1.76. The minimum atomic E-state index is -3.49. The lowest BCUT2D eigenvalue weighted by atomic mass is 10.2. The molecule has 0 unspecified atom stereocenters. The molecule has 1 heterocycles. The van der Waals surface area contributed by atoms with Crippen molar-refractivity contribution in [2.24, 2.45) is 0 Å². The van der Waals surface area contributed by atoms with E-state index in [0.717, 1.165) is 11.1 Å². The van der Waals surface area contributed by atoms with Gasteiger partial charge in [-0.05, 0) is 36.4 Å². The third kappa shape index (κ3) is 3.86. The number of aromatic nitrogens is 1. The van der Waals surface area contributed by atoms with E-state index in [2.05, 4.69) is 15.0 Å². The van der Waals surface area contributed by atoms with Crippen LogP contribution >= 0.6 is 0 Å². The maximum absolute atomic E-state index is 12.1. The van der Waals surface area contributed by atoms with E-state index in [1.54, 1.807) is 42.7 Å². The summed E-state index contributed by atoms with van der Waals surface area (Å²) in [5, 5.41) is 3.02. The third-order valence-corrected chi connectivity index (χ3v) is 4.22. The van der Waals surface area contributed by atoms with E-state index in [-0.39, 0.29) is 11.4 Å². The molecule has 0 saturated heterocycles. The molecule has 106 valence electrons. The topological polar surface area (TPSA) is 71.1 Å². The van der Waals surface area contributed by atoms with Crippen LogP contribution in [0.3, 0.4) is 0 Å². The molecule has 0 fully saturated rings. The standard InChI is InChI=1S/C14H17N3O2S/c1-15-9-12-4-6-14(7-5-12)20(18,19)17-11-13-3-2-8-16-10-13/h2-8,10,15,17H,9,11H2,1H3. The Morgan fingerprint density at radius 3 is 2.40 bits per heavy atom. The van der Waals surface area contributed by atoms with Gasteiger partial charge in [0.2, 0.25) is 10.0 Å².